The summed E-state index contributed by atoms with van der Waals surface area (Å²) in [6.07, 6.45) is 2.64. The summed E-state index contributed by atoms with van der Waals surface area (Å²) in [5.41, 5.74) is 0.494. The Bertz CT molecular complexity index is 210. The second kappa shape index (κ2) is 6.72. The van der Waals surface area contributed by atoms with E-state index in [0.29, 0.717) is 11.5 Å². The third-order valence-electron chi connectivity index (χ3n) is 4.06. The highest BCUT2D eigenvalue weighted by Gasteiger charge is 2.31. The minimum absolute atomic E-state index is 0.494. The van der Waals surface area contributed by atoms with Gasteiger partial charge < -0.3 is 14.5 Å². The predicted molar refractivity (Wildman–Crippen MR) is 73.4 cm³/mol. The Balaban J connectivity index is 2.33. The van der Waals surface area contributed by atoms with Crippen molar-refractivity contribution >= 4 is 0 Å². The maximum Gasteiger partial charge on any atom is 0.0589 e. The third-order valence-corrected chi connectivity index (χ3v) is 4.06. The number of ether oxygens (including phenoxy) is 1. The highest BCUT2D eigenvalue weighted by atomic mass is 16.5. The molecule has 0 N–H and O–H groups in total. The lowest BCUT2D eigenvalue weighted by atomic mass is 9.79. The summed E-state index contributed by atoms with van der Waals surface area (Å²) in [6.45, 7) is 12.6. The first-order valence-electron chi connectivity index (χ1n) is 6.88. The van der Waals surface area contributed by atoms with Gasteiger partial charge in [0.15, 0.2) is 0 Å². The van der Waals surface area contributed by atoms with Crippen molar-refractivity contribution in [1.82, 2.24) is 9.80 Å². The van der Waals surface area contributed by atoms with Gasteiger partial charge in [-0.15, -0.1) is 0 Å². The Hall–Kier alpha value is -0.120. The van der Waals surface area contributed by atoms with Gasteiger partial charge in [0.2, 0.25) is 0 Å². The van der Waals surface area contributed by atoms with E-state index in [1.165, 1.54) is 32.5 Å². The van der Waals surface area contributed by atoms with Gasteiger partial charge in [0, 0.05) is 26.2 Å². The monoisotopic (exact) mass is 242 g/mol. The van der Waals surface area contributed by atoms with E-state index in [-0.39, 0.29) is 0 Å². The fourth-order valence-corrected chi connectivity index (χ4v) is 2.72. The maximum absolute atomic E-state index is 5.13. The first-order valence-corrected chi connectivity index (χ1v) is 6.88. The molecule has 0 amide bonds. The lowest BCUT2D eigenvalue weighted by Gasteiger charge is -2.42. The number of likely N-dealkylation sites (N-methyl/N-ethyl adjacent to an activating group) is 1. The first kappa shape index (κ1) is 14.9. The molecule has 3 nitrogen and oxygen atoms in total. The number of hydrogen-bond donors (Lipinski definition) is 0. The van der Waals surface area contributed by atoms with Gasteiger partial charge >= 0.3 is 0 Å². The summed E-state index contributed by atoms with van der Waals surface area (Å²) in [6, 6.07) is 0.700. The Morgan fingerprint density at radius 1 is 1.29 bits per heavy atom. The van der Waals surface area contributed by atoms with E-state index in [9.17, 15) is 0 Å². The van der Waals surface area contributed by atoms with E-state index in [1.807, 2.05) is 0 Å². The molecule has 0 spiro atoms. The molecule has 1 fully saturated rings. The van der Waals surface area contributed by atoms with Crippen molar-refractivity contribution in [2.45, 2.75) is 39.7 Å². The van der Waals surface area contributed by atoms with Crippen LogP contribution in [0.25, 0.3) is 0 Å². The summed E-state index contributed by atoms with van der Waals surface area (Å²) in [5.74, 6) is 0. The molecule has 0 atom stereocenters. The molecular formula is C14H30N2O. The lowest BCUT2D eigenvalue weighted by Crippen LogP contribution is -2.46. The lowest BCUT2D eigenvalue weighted by molar-refractivity contribution is 0.0601. The Labute approximate surface area is 107 Å². The molecule has 0 unspecified atom stereocenters. The van der Waals surface area contributed by atoms with Crippen molar-refractivity contribution in [3.8, 4) is 0 Å². The number of piperidine rings is 1. The van der Waals surface area contributed by atoms with Gasteiger partial charge in [-0.1, -0.05) is 6.92 Å². The van der Waals surface area contributed by atoms with Crippen LogP contribution in [0.3, 0.4) is 0 Å². The first-order chi connectivity index (χ1) is 7.97. The van der Waals surface area contributed by atoms with Crippen molar-refractivity contribution < 1.29 is 4.74 Å². The highest BCUT2D eigenvalue weighted by Crippen LogP contribution is 2.32. The molecule has 1 aliphatic heterocycles. The molecule has 0 aromatic rings. The molecule has 0 bridgehead atoms. The SMILES string of the molecule is COCCN(C)CC1(C)CCN(C(C)C)CC1. The molecule has 102 valence electrons. The van der Waals surface area contributed by atoms with E-state index in [1.54, 1.807) is 7.11 Å². The molecule has 1 heterocycles. The molecule has 1 aliphatic rings. The van der Waals surface area contributed by atoms with Crippen LogP contribution in [-0.2, 0) is 4.74 Å². The highest BCUT2D eigenvalue weighted by molar-refractivity contribution is 4.85. The van der Waals surface area contributed by atoms with E-state index >= 15 is 0 Å². The van der Waals surface area contributed by atoms with Crippen LogP contribution in [-0.4, -0.2) is 62.8 Å². The predicted octanol–water partition coefficient (Wildman–Crippen LogP) is 2.08. The quantitative estimate of drug-likeness (QED) is 0.709. The van der Waals surface area contributed by atoms with Crippen LogP contribution < -0.4 is 0 Å². The fraction of sp³-hybridized carbons (Fsp3) is 1.00. The number of rotatable bonds is 6. The van der Waals surface area contributed by atoms with Gasteiger partial charge in [0.05, 0.1) is 6.61 Å². The zero-order chi connectivity index (χ0) is 12.9. The van der Waals surface area contributed by atoms with E-state index < -0.39 is 0 Å². The van der Waals surface area contributed by atoms with Crippen LogP contribution in [0, 0.1) is 5.41 Å². The van der Waals surface area contributed by atoms with E-state index in [2.05, 4.69) is 37.6 Å². The van der Waals surface area contributed by atoms with Crippen LogP contribution in [0.2, 0.25) is 0 Å². The number of hydrogen-bond acceptors (Lipinski definition) is 3. The summed E-state index contributed by atoms with van der Waals surface area (Å²) in [7, 11) is 3.98. The zero-order valence-electron chi connectivity index (χ0n) is 12.3. The topological polar surface area (TPSA) is 15.7 Å². The molecule has 1 rings (SSSR count). The standard InChI is InChI=1S/C14H30N2O/c1-13(2)16-8-6-14(3,7-9-16)12-15(4)10-11-17-5/h13H,6-12H2,1-5H3. The van der Waals surface area contributed by atoms with Crippen LogP contribution in [0.1, 0.15) is 33.6 Å². The minimum Gasteiger partial charge on any atom is -0.383 e. The normalized spacial score (nSPS) is 21.4. The second-order valence-electron chi connectivity index (χ2n) is 6.17. The molecule has 17 heavy (non-hydrogen) atoms. The smallest absolute Gasteiger partial charge is 0.0589 e. The van der Waals surface area contributed by atoms with Gasteiger partial charge in [-0.25, -0.2) is 0 Å². The average molecular weight is 242 g/mol. The third kappa shape index (κ3) is 4.94. The summed E-state index contributed by atoms with van der Waals surface area (Å²) < 4.78 is 5.13. The van der Waals surface area contributed by atoms with Crippen LogP contribution >= 0.6 is 0 Å². The van der Waals surface area contributed by atoms with E-state index in [4.69, 9.17) is 4.74 Å². The van der Waals surface area contributed by atoms with Crippen molar-refractivity contribution in [1.29, 1.82) is 0 Å². The molecular weight excluding hydrogens is 212 g/mol. The second-order valence-corrected chi connectivity index (χ2v) is 6.17. The fourth-order valence-electron chi connectivity index (χ4n) is 2.72. The van der Waals surface area contributed by atoms with Crippen LogP contribution in [0.5, 0.6) is 0 Å². The van der Waals surface area contributed by atoms with Crippen LogP contribution in [0.4, 0.5) is 0 Å². The molecule has 3 heteroatoms. The van der Waals surface area contributed by atoms with Crippen LogP contribution in [0.15, 0.2) is 0 Å². The largest absolute Gasteiger partial charge is 0.383 e. The minimum atomic E-state index is 0.494. The summed E-state index contributed by atoms with van der Waals surface area (Å²) in [5, 5.41) is 0. The molecule has 0 aromatic carbocycles. The van der Waals surface area contributed by atoms with Gasteiger partial charge in [-0.05, 0) is 52.2 Å². The Kier molecular flexibility index (Phi) is 5.90. The van der Waals surface area contributed by atoms with Crippen molar-refractivity contribution in [2.24, 2.45) is 5.41 Å². The summed E-state index contributed by atoms with van der Waals surface area (Å²) in [4.78, 5) is 5.01. The summed E-state index contributed by atoms with van der Waals surface area (Å²) >= 11 is 0. The Morgan fingerprint density at radius 3 is 2.35 bits per heavy atom. The molecule has 0 radical (unpaired) electrons. The molecule has 0 aromatic heterocycles. The maximum atomic E-state index is 5.13. The van der Waals surface area contributed by atoms with Gasteiger partial charge in [0.25, 0.3) is 0 Å². The molecule has 0 aliphatic carbocycles. The zero-order valence-corrected chi connectivity index (χ0v) is 12.3. The van der Waals surface area contributed by atoms with Crippen molar-refractivity contribution in [3.05, 3.63) is 0 Å². The number of nitrogens with zero attached hydrogens (tertiary/aromatic N) is 2. The van der Waals surface area contributed by atoms with Gasteiger partial charge in [0.1, 0.15) is 0 Å². The molecule has 1 saturated heterocycles. The molecule has 0 saturated carbocycles. The van der Waals surface area contributed by atoms with Crippen molar-refractivity contribution in [3.63, 3.8) is 0 Å². The van der Waals surface area contributed by atoms with Crippen molar-refractivity contribution in [2.75, 3.05) is 46.9 Å². The van der Waals surface area contributed by atoms with Gasteiger partial charge in [-0.3, -0.25) is 0 Å². The van der Waals surface area contributed by atoms with Gasteiger partial charge in [-0.2, -0.15) is 0 Å². The van der Waals surface area contributed by atoms with E-state index in [0.717, 1.165) is 13.2 Å². The number of methoxy groups -OCH3 is 1. The average Bonchev–Trinajstić information content (AvgIpc) is 2.26. The number of likely N-dealkylation sites (tertiary alicyclic amines) is 1. The Morgan fingerprint density at radius 2 is 1.88 bits per heavy atom.